The second-order valence-corrected chi connectivity index (χ2v) is 12.8. The van der Waals surface area contributed by atoms with Gasteiger partial charge < -0.3 is 19.5 Å². The van der Waals surface area contributed by atoms with E-state index in [1.54, 1.807) is 18.6 Å². The number of rotatable bonds is 7. The number of aliphatic hydroxyl groups excluding tert-OH is 2. The topological polar surface area (TPSA) is 67.5 Å². The Morgan fingerprint density at radius 2 is 1.86 bits per heavy atom. The van der Waals surface area contributed by atoms with Crippen LogP contribution >= 0.6 is 0 Å². The molecule has 194 valence electrons. The average Bonchev–Trinajstić information content (AvgIpc) is 3.47. The van der Waals surface area contributed by atoms with Crippen LogP contribution in [0.4, 0.5) is 4.39 Å². The minimum atomic E-state index is -0.481. The van der Waals surface area contributed by atoms with Crippen molar-refractivity contribution < 1.29 is 19.3 Å². The fraction of sp³-hybridized carbons (Fsp3) is 0.700. The monoisotopic (exact) mass is 494 g/mol. The molecule has 0 spiro atoms. The number of nitrogens with zero attached hydrogens (tertiary/aromatic N) is 2. The highest BCUT2D eigenvalue weighted by Crippen LogP contribution is 2.63. The maximum Gasteiger partial charge on any atom is 0.129 e. The third kappa shape index (κ3) is 3.70. The quantitative estimate of drug-likeness (QED) is 0.534. The van der Waals surface area contributed by atoms with Gasteiger partial charge in [0.1, 0.15) is 5.82 Å². The van der Waals surface area contributed by atoms with Gasteiger partial charge in [-0.2, -0.15) is 0 Å². The van der Waals surface area contributed by atoms with Gasteiger partial charge in [0.05, 0.1) is 49.2 Å². The van der Waals surface area contributed by atoms with Gasteiger partial charge in [0, 0.05) is 11.1 Å². The number of imidazole rings is 1. The first-order valence-corrected chi connectivity index (χ1v) is 14.3. The lowest BCUT2D eigenvalue weighted by Crippen LogP contribution is -2.58. The van der Waals surface area contributed by atoms with Crippen LogP contribution < -0.4 is 0 Å². The Kier molecular flexibility index (Phi) is 5.79. The van der Waals surface area contributed by atoms with Crippen LogP contribution in [0.15, 0.2) is 30.7 Å². The molecule has 0 radical (unpaired) electrons. The first kappa shape index (κ1) is 23.4. The fourth-order valence-corrected chi connectivity index (χ4v) is 9.28. The molecule has 0 saturated heterocycles. The number of ether oxygens (including phenoxy) is 1. The molecule has 2 N–H and O–H groups in total. The van der Waals surface area contributed by atoms with Crippen LogP contribution in [0, 0.1) is 34.9 Å². The molecule has 5 atom stereocenters. The van der Waals surface area contributed by atoms with E-state index in [1.165, 1.54) is 38.2 Å². The van der Waals surface area contributed by atoms with Gasteiger partial charge in [-0.05, 0) is 86.5 Å². The molecule has 5 nitrogen and oxygen atoms in total. The Morgan fingerprint density at radius 1 is 1.08 bits per heavy atom. The molecule has 1 aromatic carbocycles. The predicted molar refractivity (Wildman–Crippen MR) is 135 cm³/mol. The number of aromatic nitrogens is 2. The number of fused-ring (bicyclic) bond motifs is 3. The Hall–Kier alpha value is -1.76. The Labute approximate surface area is 213 Å². The molecule has 5 unspecified atom stereocenters. The van der Waals surface area contributed by atoms with Crippen LogP contribution in [0.1, 0.15) is 82.2 Å². The van der Waals surface area contributed by atoms with E-state index in [-0.39, 0.29) is 29.5 Å². The zero-order valence-electron chi connectivity index (χ0n) is 21.1. The zero-order chi connectivity index (χ0) is 24.4. The van der Waals surface area contributed by atoms with Crippen molar-refractivity contribution in [3.8, 4) is 11.3 Å². The van der Waals surface area contributed by atoms with Crippen molar-refractivity contribution in [3.63, 3.8) is 0 Å². The Balaban J connectivity index is 1.06. The SMILES string of the molecule is OC(COC1C2CC3CC1CC(C(O)CC1c4c(F)cccc4-c4cncn41)(C3)C2)C1CCCCC1. The summed E-state index contributed by atoms with van der Waals surface area (Å²) in [5.74, 6) is 1.77. The van der Waals surface area contributed by atoms with E-state index in [2.05, 4.69) is 9.55 Å². The summed E-state index contributed by atoms with van der Waals surface area (Å²) in [5, 5.41) is 22.6. The summed E-state index contributed by atoms with van der Waals surface area (Å²) in [6.07, 6.45) is 14.9. The van der Waals surface area contributed by atoms with Crippen LogP contribution in [0.25, 0.3) is 11.3 Å². The zero-order valence-corrected chi connectivity index (χ0v) is 21.1. The Morgan fingerprint density at radius 3 is 2.64 bits per heavy atom. The summed E-state index contributed by atoms with van der Waals surface area (Å²) < 4.78 is 23.5. The second kappa shape index (κ2) is 8.92. The molecule has 8 rings (SSSR count). The van der Waals surface area contributed by atoms with Crippen molar-refractivity contribution in [1.29, 1.82) is 0 Å². The summed E-state index contributed by atoms with van der Waals surface area (Å²) in [4.78, 5) is 4.32. The summed E-state index contributed by atoms with van der Waals surface area (Å²) in [6.45, 7) is 0.462. The first-order chi connectivity index (χ1) is 17.5. The van der Waals surface area contributed by atoms with E-state index in [0.717, 1.165) is 43.4 Å². The van der Waals surface area contributed by atoms with E-state index in [0.29, 0.717) is 42.3 Å². The van der Waals surface area contributed by atoms with Crippen LogP contribution in [0.5, 0.6) is 0 Å². The molecule has 5 saturated carbocycles. The van der Waals surface area contributed by atoms with Crippen molar-refractivity contribution in [1.82, 2.24) is 9.55 Å². The van der Waals surface area contributed by atoms with Crippen molar-refractivity contribution in [3.05, 3.63) is 42.1 Å². The molecule has 6 aliphatic rings. The van der Waals surface area contributed by atoms with Crippen LogP contribution in [-0.4, -0.2) is 44.7 Å². The molecule has 1 aliphatic heterocycles. The van der Waals surface area contributed by atoms with Gasteiger partial charge in [0.25, 0.3) is 0 Å². The van der Waals surface area contributed by atoms with E-state index in [1.807, 2.05) is 6.07 Å². The lowest BCUT2D eigenvalue weighted by molar-refractivity contribution is -0.197. The molecule has 4 bridgehead atoms. The molecule has 1 aromatic heterocycles. The molecular formula is C30H39FN2O3. The van der Waals surface area contributed by atoms with Crippen molar-refractivity contribution >= 4 is 0 Å². The average molecular weight is 495 g/mol. The normalized spacial score (nSPS) is 36.6. The van der Waals surface area contributed by atoms with Gasteiger partial charge in [-0.3, -0.25) is 0 Å². The number of benzene rings is 1. The first-order valence-electron chi connectivity index (χ1n) is 14.3. The minimum absolute atomic E-state index is 0.104. The molecule has 0 amide bonds. The highest BCUT2D eigenvalue weighted by atomic mass is 19.1. The second-order valence-electron chi connectivity index (χ2n) is 12.8. The van der Waals surface area contributed by atoms with Crippen molar-refractivity contribution in [2.45, 2.75) is 95.0 Å². The summed E-state index contributed by atoms with van der Waals surface area (Å²) in [5.41, 5.74) is 2.45. The van der Waals surface area contributed by atoms with Gasteiger partial charge >= 0.3 is 0 Å². The molecule has 2 heterocycles. The van der Waals surface area contributed by atoms with E-state index in [9.17, 15) is 14.6 Å². The summed E-state index contributed by atoms with van der Waals surface area (Å²) >= 11 is 0. The maximum atomic E-state index is 15.0. The van der Waals surface area contributed by atoms with Gasteiger partial charge in [0.2, 0.25) is 0 Å². The maximum absolute atomic E-state index is 15.0. The number of hydrogen-bond acceptors (Lipinski definition) is 4. The molecule has 36 heavy (non-hydrogen) atoms. The lowest BCUT2D eigenvalue weighted by atomic mass is 9.46. The Bertz CT molecular complexity index is 1100. The highest BCUT2D eigenvalue weighted by Gasteiger charge is 2.58. The molecule has 2 aromatic rings. The smallest absolute Gasteiger partial charge is 0.129 e. The predicted octanol–water partition coefficient (Wildman–Crippen LogP) is 5.50. The van der Waals surface area contributed by atoms with E-state index < -0.39 is 6.10 Å². The van der Waals surface area contributed by atoms with Crippen LogP contribution in [0.3, 0.4) is 0 Å². The lowest BCUT2D eigenvalue weighted by Gasteiger charge is -2.61. The number of aliphatic hydroxyl groups is 2. The highest BCUT2D eigenvalue weighted by molar-refractivity contribution is 5.69. The van der Waals surface area contributed by atoms with E-state index >= 15 is 0 Å². The third-order valence-electron chi connectivity index (χ3n) is 10.7. The molecule has 5 aliphatic carbocycles. The standard InChI is InChI=1S/C30H39FN2O3/c31-23-8-4-7-22-25-15-32-17-33(25)24(28(22)23)11-27(35)30-12-18-9-20(13-30)29(21(10-18)14-30)36-16-26(34)19-5-2-1-3-6-19/h4,7-8,15,17-21,24,26-27,29,34-35H,1-3,5-6,9-14,16H2. The number of halogens is 1. The van der Waals surface area contributed by atoms with Crippen molar-refractivity contribution in [2.75, 3.05) is 6.61 Å². The molecular weight excluding hydrogens is 455 g/mol. The van der Waals surface area contributed by atoms with Gasteiger partial charge in [-0.1, -0.05) is 31.4 Å². The molecule has 6 heteroatoms. The van der Waals surface area contributed by atoms with Crippen molar-refractivity contribution in [2.24, 2.45) is 29.1 Å². The van der Waals surface area contributed by atoms with Gasteiger partial charge in [-0.15, -0.1) is 0 Å². The number of hydrogen-bond donors (Lipinski definition) is 2. The summed E-state index contributed by atoms with van der Waals surface area (Å²) in [6, 6.07) is 5.05. The van der Waals surface area contributed by atoms with Crippen LogP contribution in [-0.2, 0) is 4.74 Å². The summed E-state index contributed by atoms with van der Waals surface area (Å²) in [7, 11) is 0. The third-order valence-corrected chi connectivity index (χ3v) is 10.7. The fourth-order valence-electron chi connectivity index (χ4n) is 9.28. The molecule has 5 fully saturated rings. The van der Waals surface area contributed by atoms with Crippen LogP contribution in [0.2, 0.25) is 0 Å². The largest absolute Gasteiger partial charge is 0.392 e. The minimum Gasteiger partial charge on any atom is -0.392 e. The van der Waals surface area contributed by atoms with Gasteiger partial charge in [-0.25, -0.2) is 9.37 Å². The van der Waals surface area contributed by atoms with E-state index in [4.69, 9.17) is 4.74 Å². The van der Waals surface area contributed by atoms with Gasteiger partial charge in [0.15, 0.2) is 0 Å².